The first-order valence-electron chi connectivity index (χ1n) is 8.91. The molecular formula is C19H27N5. The van der Waals surface area contributed by atoms with Crippen molar-refractivity contribution in [1.82, 2.24) is 9.97 Å². The van der Waals surface area contributed by atoms with Crippen LogP contribution in [0.25, 0.3) is 0 Å². The molecule has 0 saturated carbocycles. The predicted octanol–water partition coefficient (Wildman–Crippen LogP) is 3.98. The van der Waals surface area contributed by atoms with Crippen molar-refractivity contribution >= 4 is 23.0 Å². The number of anilines is 4. The zero-order valence-electron chi connectivity index (χ0n) is 14.9. The van der Waals surface area contributed by atoms with Gasteiger partial charge in [0, 0.05) is 43.6 Å². The van der Waals surface area contributed by atoms with E-state index in [2.05, 4.69) is 64.1 Å². The number of nitrogens with zero attached hydrogens (tertiary/aromatic N) is 4. The molecule has 5 heteroatoms. The van der Waals surface area contributed by atoms with E-state index in [1.54, 1.807) is 6.33 Å². The van der Waals surface area contributed by atoms with Gasteiger partial charge in [0.25, 0.3) is 0 Å². The van der Waals surface area contributed by atoms with E-state index >= 15 is 0 Å². The van der Waals surface area contributed by atoms with E-state index in [1.165, 1.54) is 24.1 Å². The summed E-state index contributed by atoms with van der Waals surface area (Å²) in [5.41, 5.74) is 3.58. The minimum atomic E-state index is 0.852. The van der Waals surface area contributed by atoms with E-state index in [4.69, 9.17) is 0 Å². The second-order valence-corrected chi connectivity index (χ2v) is 6.25. The number of benzene rings is 1. The fourth-order valence-corrected chi connectivity index (χ4v) is 3.25. The summed E-state index contributed by atoms with van der Waals surface area (Å²) in [6.07, 6.45) is 4.15. The molecule has 1 N–H and O–H groups in total. The lowest BCUT2D eigenvalue weighted by Crippen LogP contribution is -2.21. The van der Waals surface area contributed by atoms with E-state index in [1.807, 2.05) is 6.07 Å². The number of aromatic nitrogens is 2. The van der Waals surface area contributed by atoms with Gasteiger partial charge in [-0.25, -0.2) is 9.97 Å². The number of hydrogen-bond donors (Lipinski definition) is 1. The predicted molar refractivity (Wildman–Crippen MR) is 102 cm³/mol. The Bertz CT molecular complexity index is 675. The Morgan fingerprint density at radius 2 is 1.83 bits per heavy atom. The molecule has 3 rings (SSSR count). The van der Waals surface area contributed by atoms with Gasteiger partial charge in [0.15, 0.2) is 0 Å². The van der Waals surface area contributed by atoms with Gasteiger partial charge in [0.1, 0.15) is 18.0 Å². The third kappa shape index (κ3) is 3.61. The van der Waals surface area contributed by atoms with Gasteiger partial charge < -0.3 is 15.1 Å². The van der Waals surface area contributed by atoms with Crippen molar-refractivity contribution in [3.05, 3.63) is 36.2 Å². The topological polar surface area (TPSA) is 44.3 Å². The Morgan fingerprint density at radius 1 is 1.08 bits per heavy atom. The summed E-state index contributed by atoms with van der Waals surface area (Å²) < 4.78 is 0. The van der Waals surface area contributed by atoms with Gasteiger partial charge in [0.2, 0.25) is 0 Å². The highest BCUT2D eigenvalue weighted by Crippen LogP contribution is 2.26. The van der Waals surface area contributed by atoms with Crippen LogP contribution >= 0.6 is 0 Å². The smallest absolute Gasteiger partial charge is 0.135 e. The molecule has 1 aromatic carbocycles. The van der Waals surface area contributed by atoms with E-state index in [9.17, 15) is 0 Å². The van der Waals surface area contributed by atoms with E-state index in [-0.39, 0.29) is 0 Å². The van der Waals surface area contributed by atoms with Crippen molar-refractivity contribution in [3.63, 3.8) is 0 Å². The zero-order chi connectivity index (χ0) is 16.9. The van der Waals surface area contributed by atoms with E-state index in [0.29, 0.717) is 0 Å². The lowest BCUT2D eigenvalue weighted by molar-refractivity contribution is 0.866. The van der Waals surface area contributed by atoms with Crippen molar-refractivity contribution in [1.29, 1.82) is 0 Å². The number of nitrogens with one attached hydrogen (secondary N) is 1. The van der Waals surface area contributed by atoms with Crippen LogP contribution in [-0.4, -0.2) is 36.1 Å². The summed E-state index contributed by atoms with van der Waals surface area (Å²) in [4.78, 5) is 13.5. The third-order valence-electron chi connectivity index (χ3n) is 4.68. The molecule has 0 radical (unpaired) electrons. The molecule has 2 heterocycles. The van der Waals surface area contributed by atoms with Crippen LogP contribution < -0.4 is 15.1 Å². The summed E-state index contributed by atoms with van der Waals surface area (Å²) in [6.45, 7) is 10.7. The minimum absolute atomic E-state index is 0.852. The SMILES string of the molecule is CCN(CC)c1ccc(Nc2cc(N3CCCC3)ncn2)c(C)c1. The normalized spacial score (nSPS) is 14.0. The molecule has 1 aliphatic rings. The molecule has 2 aromatic rings. The maximum atomic E-state index is 4.41. The van der Waals surface area contributed by atoms with Gasteiger partial charge in [-0.1, -0.05) is 0 Å². The van der Waals surface area contributed by atoms with E-state index in [0.717, 1.165) is 43.5 Å². The Balaban J connectivity index is 1.77. The molecule has 24 heavy (non-hydrogen) atoms. The third-order valence-corrected chi connectivity index (χ3v) is 4.68. The van der Waals surface area contributed by atoms with Crippen molar-refractivity contribution in [2.75, 3.05) is 41.3 Å². The Labute approximate surface area is 144 Å². The maximum Gasteiger partial charge on any atom is 0.135 e. The molecule has 1 aliphatic heterocycles. The first-order chi connectivity index (χ1) is 11.7. The van der Waals surface area contributed by atoms with Crippen LogP contribution in [0.5, 0.6) is 0 Å². The average Bonchev–Trinajstić information content (AvgIpc) is 3.13. The maximum absolute atomic E-state index is 4.41. The van der Waals surface area contributed by atoms with E-state index < -0.39 is 0 Å². The molecule has 0 aliphatic carbocycles. The fraction of sp³-hybridized carbons (Fsp3) is 0.474. The van der Waals surface area contributed by atoms with Gasteiger partial charge in [-0.2, -0.15) is 0 Å². The number of hydrogen-bond acceptors (Lipinski definition) is 5. The van der Waals surface area contributed by atoms with Crippen LogP contribution in [0.4, 0.5) is 23.0 Å². The monoisotopic (exact) mass is 325 g/mol. The summed E-state index contributed by atoms with van der Waals surface area (Å²) in [7, 11) is 0. The molecule has 0 spiro atoms. The quantitative estimate of drug-likeness (QED) is 0.870. The van der Waals surface area contributed by atoms with Crippen molar-refractivity contribution < 1.29 is 0 Å². The highest BCUT2D eigenvalue weighted by atomic mass is 15.2. The lowest BCUT2D eigenvalue weighted by atomic mass is 10.1. The molecule has 1 aromatic heterocycles. The van der Waals surface area contributed by atoms with Crippen LogP contribution in [0, 0.1) is 6.92 Å². The number of aryl methyl sites for hydroxylation is 1. The van der Waals surface area contributed by atoms with Gasteiger partial charge in [-0.15, -0.1) is 0 Å². The highest BCUT2D eigenvalue weighted by Gasteiger charge is 2.14. The fourth-order valence-electron chi connectivity index (χ4n) is 3.25. The molecule has 0 bridgehead atoms. The minimum Gasteiger partial charge on any atom is -0.372 e. The first kappa shape index (κ1) is 16.6. The van der Waals surface area contributed by atoms with Gasteiger partial charge in [-0.05, 0) is 57.4 Å². The van der Waals surface area contributed by atoms with Crippen LogP contribution in [0.15, 0.2) is 30.6 Å². The number of rotatable bonds is 6. The second-order valence-electron chi connectivity index (χ2n) is 6.25. The van der Waals surface area contributed by atoms with Crippen LogP contribution in [0.1, 0.15) is 32.3 Å². The molecule has 0 atom stereocenters. The largest absolute Gasteiger partial charge is 0.372 e. The first-order valence-corrected chi connectivity index (χ1v) is 8.91. The molecule has 0 unspecified atom stereocenters. The summed E-state index contributed by atoms with van der Waals surface area (Å²) in [6, 6.07) is 8.59. The second kappa shape index (κ2) is 7.51. The van der Waals surface area contributed by atoms with Gasteiger partial charge in [-0.3, -0.25) is 0 Å². The molecule has 1 saturated heterocycles. The van der Waals surface area contributed by atoms with Crippen LogP contribution in [0.3, 0.4) is 0 Å². The van der Waals surface area contributed by atoms with Gasteiger partial charge >= 0.3 is 0 Å². The molecule has 0 amide bonds. The Hall–Kier alpha value is -2.30. The standard InChI is InChI=1S/C19H27N5/c1-4-23(5-2)16-8-9-17(15(3)12-16)22-18-13-19(21-14-20-18)24-10-6-7-11-24/h8-9,12-14H,4-7,10-11H2,1-3H3,(H,20,21,22). The summed E-state index contributed by atoms with van der Waals surface area (Å²) >= 11 is 0. The van der Waals surface area contributed by atoms with Crippen LogP contribution in [0.2, 0.25) is 0 Å². The average molecular weight is 325 g/mol. The van der Waals surface area contributed by atoms with Gasteiger partial charge in [0.05, 0.1) is 0 Å². The molecular weight excluding hydrogens is 298 g/mol. The van der Waals surface area contributed by atoms with Crippen molar-refractivity contribution in [3.8, 4) is 0 Å². The summed E-state index contributed by atoms with van der Waals surface area (Å²) in [5, 5.41) is 3.44. The molecule has 5 nitrogen and oxygen atoms in total. The Morgan fingerprint density at radius 3 is 2.50 bits per heavy atom. The van der Waals surface area contributed by atoms with Crippen LogP contribution in [-0.2, 0) is 0 Å². The molecule has 128 valence electrons. The van der Waals surface area contributed by atoms with Crippen molar-refractivity contribution in [2.24, 2.45) is 0 Å². The zero-order valence-corrected chi connectivity index (χ0v) is 14.9. The summed E-state index contributed by atoms with van der Waals surface area (Å²) in [5.74, 6) is 1.87. The van der Waals surface area contributed by atoms with Crippen molar-refractivity contribution in [2.45, 2.75) is 33.6 Å². The molecule has 1 fully saturated rings. The highest BCUT2D eigenvalue weighted by molar-refractivity contribution is 5.66. The lowest BCUT2D eigenvalue weighted by Gasteiger charge is -2.22. The Kier molecular flexibility index (Phi) is 5.18.